The zero-order chi connectivity index (χ0) is 14.7. The van der Waals surface area contributed by atoms with Crippen molar-refractivity contribution in [3.63, 3.8) is 0 Å². The lowest BCUT2D eigenvalue weighted by Gasteiger charge is -2.29. The molecule has 1 N–H and O–H groups in total. The summed E-state index contributed by atoms with van der Waals surface area (Å²) < 4.78 is 12.3. The molecule has 116 valence electrons. The maximum atomic E-state index is 5.66. The molecule has 0 amide bonds. The number of likely N-dealkylation sites (tertiary alicyclic amines) is 1. The van der Waals surface area contributed by atoms with E-state index in [0.717, 1.165) is 35.0 Å². The Kier molecular flexibility index (Phi) is 5.03. The summed E-state index contributed by atoms with van der Waals surface area (Å²) in [5, 5.41) is 3.58. The zero-order valence-electron chi connectivity index (χ0n) is 12.5. The van der Waals surface area contributed by atoms with E-state index in [9.17, 15) is 0 Å². The van der Waals surface area contributed by atoms with Crippen LogP contribution in [0.3, 0.4) is 0 Å². The molecule has 0 aliphatic carbocycles. The topological polar surface area (TPSA) is 33.7 Å². The molecule has 1 aromatic rings. The minimum Gasteiger partial charge on any atom is -0.486 e. The van der Waals surface area contributed by atoms with Crippen molar-refractivity contribution in [2.75, 3.05) is 39.9 Å². The standard InChI is InChI=1S/C16H23BrN2O2/c1-19-4-2-12(3-5-19)10-18-11-13-8-14(17)16-15(9-13)20-6-7-21-16/h8-9,12,18H,2-7,10-11H2,1H3. The van der Waals surface area contributed by atoms with Gasteiger partial charge in [0.15, 0.2) is 11.5 Å². The van der Waals surface area contributed by atoms with Gasteiger partial charge < -0.3 is 19.7 Å². The predicted octanol–water partition coefficient (Wildman–Crippen LogP) is 2.65. The number of fused-ring (bicyclic) bond motifs is 1. The van der Waals surface area contributed by atoms with Crippen molar-refractivity contribution in [3.8, 4) is 11.5 Å². The van der Waals surface area contributed by atoms with Crippen LogP contribution in [-0.2, 0) is 6.54 Å². The maximum Gasteiger partial charge on any atom is 0.175 e. The Labute approximate surface area is 134 Å². The van der Waals surface area contributed by atoms with E-state index < -0.39 is 0 Å². The van der Waals surface area contributed by atoms with Crippen molar-refractivity contribution in [2.24, 2.45) is 5.92 Å². The first kappa shape index (κ1) is 15.1. The van der Waals surface area contributed by atoms with Gasteiger partial charge in [0.05, 0.1) is 4.47 Å². The average molecular weight is 355 g/mol. The van der Waals surface area contributed by atoms with Crippen LogP contribution in [0.5, 0.6) is 11.5 Å². The normalized spacial score (nSPS) is 19.7. The molecule has 3 rings (SSSR count). The van der Waals surface area contributed by atoms with Gasteiger partial charge in [0.2, 0.25) is 0 Å². The van der Waals surface area contributed by atoms with Crippen molar-refractivity contribution < 1.29 is 9.47 Å². The summed E-state index contributed by atoms with van der Waals surface area (Å²) in [6.07, 6.45) is 2.60. The second-order valence-corrected chi connectivity index (χ2v) is 6.83. The fourth-order valence-corrected chi connectivity index (χ4v) is 3.56. The third kappa shape index (κ3) is 3.90. The van der Waals surface area contributed by atoms with Crippen LogP contribution in [-0.4, -0.2) is 44.8 Å². The molecule has 21 heavy (non-hydrogen) atoms. The fourth-order valence-electron chi connectivity index (χ4n) is 2.95. The van der Waals surface area contributed by atoms with Crippen LogP contribution in [0, 0.1) is 5.92 Å². The minimum atomic E-state index is 0.624. The maximum absolute atomic E-state index is 5.66. The molecule has 1 saturated heterocycles. The molecule has 4 nitrogen and oxygen atoms in total. The van der Waals surface area contributed by atoms with E-state index in [-0.39, 0.29) is 0 Å². The van der Waals surface area contributed by atoms with Crippen molar-refractivity contribution in [2.45, 2.75) is 19.4 Å². The van der Waals surface area contributed by atoms with Gasteiger partial charge in [-0.1, -0.05) is 0 Å². The Morgan fingerprint density at radius 2 is 2.00 bits per heavy atom. The van der Waals surface area contributed by atoms with Gasteiger partial charge in [-0.25, -0.2) is 0 Å². The van der Waals surface area contributed by atoms with E-state index in [1.54, 1.807) is 0 Å². The summed E-state index contributed by atoms with van der Waals surface area (Å²) >= 11 is 3.57. The van der Waals surface area contributed by atoms with Crippen molar-refractivity contribution in [1.82, 2.24) is 10.2 Å². The smallest absolute Gasteiger partial charge is 0.175 e. The van der Waals surface area contributed by atoms with Crippen LogP contribution in [0.1, 0.15) is 18.4 Å². The molecule has 0 saturated carbocycles. The lowest BCUT2D eigenvalue weighted by molar-refractivity contribution is 0.170. The molecule has 1 aromatic carbocycles. The van der Waals surface area contributed by atoms with Gasteiger partial charge in [-0.2, -0.15) is 0 Å². The zero-order valence-corrected chi connectivity index (χ0v) is 14.1. The summed E-state index contributed by atoms with van der Waals surface area (Å²) in [5.74, 6) is 2.49. The van der Waals surface area contributed by atoms with Crippen molar-refractivity contribution in [1.29, 1.82) is 0 Å². The molecule has 0 bridgehead atoms. The van der Waals surface area contributed by atoms with Crippen LogP contribution >= 0.6 is 15.9 Å². The average Bonchev–Trinajstić information content (AvgIpc) is 2.49. The van der Waals surface area contributed by atoms with Gasteiger partial charge in [-0.05, 0) is 79.1 Å². The number of nitrogens with zero attached hydrogens (tertiary/aromatic N) is 1. The number of rotatable bonds is 4. The Morgan fingerprint density at radius 1 is 1.24 bits per heavy atom. The Hall–Kier alpha value is -0.780. The molecule has 1 fully saturated rings. The van der Waals surface area contributed by atoms with Gasteiger partial charge in [0.25, 0.3) is 0 Å². The number of ether oxygens (including phenoxy) is 2. The Balaban J connectivity index is 1.52. The molecule has 0 atom stereocenters. The van der Waals surface area contributed by atoms with Crippen LogP contribution in [0.15, 0.2) is 16.6 Å². The lowest BCUT2D eigenvalue weighted by Crippen LogP contribution is -2.34. The van der Waals surface area contributed by atoms with E-state index in [1.807, 2.05) is 0 Å². The molecule has 0 spiro atoms. The molecule has 0 unspecified atom stereocenters. The monoisotopic (exact) mass is 354 g/mol. The molecular formula is C16H23BrN2O2. The molecule has 0 radical (unpaired) electrons. The number of hydrogen-bond donors (Lipinski definition) is 1. The van der Waals surface area contributed by atoms with E-state index in [4.69, 9.17) is 9.47 Å². The van der Waals surface area contributed by atoms with Gasteiger partial charge >= 0.3 is 0 Å². The molecule has 5 heteroatoms. The highest BCUT2D eigenvalue weighted by Crippen LogP contribution is 2.38. The van der Waals surface area contributed by atoms with E-state index in [2.05, 4.69) is 45.3 Å². The highest BCUT2D eigenvalue weighted by molar-refractivity contribution is 9.10. The second-order valence-electron chi connectivity index (χ2n) is 5.98. The van der Waals surface area contributed by atoms with Gasteiger partial charge in [-0.3, -0.25) is 0 Å². The van der Waals surface area contributed by atoms with Crippen LogP contribution in [0.4, 0.5) is 0 Å². The number of halogens is 1. The summed E-state index contributed by atoms with van der Waals surface area (Å²) in [6, 6.07) is 4.20. The first-order valence-corrected chi connectivity index (χ1v) is 8.49. The third-order valence-electron chi connectivity index (χ3n) is 4.26. The summed E-state index contributed by atoms with van der Waals surface area (Å²) in [7, 11) is 2.20. The molecule has 2 aliphatic rings. The first-order chi connectivity index (χ1) is 10.2. The van der Waals surface area contributed by atoms with Crippen LogP contribution in [0.2, 0.25) is 0 Å². The molecule has 2 aliphatic heterocycles. The summed E-state index contributed by atoms with van der Waals surface area (Å²) in [5.41, 5.74) is 1.24. The predicted molar refractivity (Wildman–Crippen MR) is 87.1 cm³/mol. The Bertz CT molecular complexity index is 487. The van der Waals surface area contributed by atoms with Gasteiger partial charge in [0, 0.05) is 6.54 Å². The number of piperidine rings is 1. The van der Waals surface area contributed by atoms with Gasteiger partial charge in [0.1, 0.15) is 13.2 Å². The molecule has 2 heterocycles. The Morgan fingerprint density at radius 3 is 2.81 bits per heavy atom. The van der Waals surface area contributed by atoms with Crippen molar-refractivity contribution >= 4 is 15.9 Å². The molecular weight excluding hydrogens is 332 g/mol. The SMILES string of the molecule is CN1CCC(CNCc2cc(Br)c3c(c2)OCCO3)CC1. The van der Waals surface area contributed by atoms with E-state index in [0.29, 0.717) is 13.2 Å². The lowest BCUT2D eigenvalue weighted by atomic mass is 9.97. The highest BCUT2D eigenvalue weighted by Gasteiger charge is 2.18. The first-order valence-electron chi connectivity index (χ1n) is 7.69. The number of hydrogen-bond acceptors (Lipinski definition) is 4. The second kappa shape index (κ2) is 6.99. The van der Waals surface area contributed by atoms with Gasteiger partial charge in [-0.15, -0.1) is 0 Å². The number of benzene rings is 1. The van der Waals surface area contributed by atoms with Crippen LogP contribution in [0.25, 0.3) is 0 Å². The fraction of sp³-hybridized carbons (Fsp3) is 0.625. The summed E-state index contributed by atoms with van der Waals surface area (Å²) in [6.45, 7) is 5.68. The van der Waals surface area contributed by atoms with Crippen molar-refractivity contribution in [3.05, 3.63) is 22.2 Å². The molecule has 0 aromatic heterocycles. The van der Waals surface area contributed by atoms with Crippen LogP contribution < -0.4 is 14.8 Å². The summed E-state index contributed by atoms with van der Waals surface area (Å²) in [4.78, 5) is 2.41. The largest absolute Gasteiger partial charge is 0.486 e. The quantitative estimate of drug-likeness (QED) is 0.901. The number of nitrogens with one attached hydrogen (secondary N) is 1. The third-order valence-corrected chi connectivity index (χ3v) is 4.85. The van der Waals surface area contributed by atoms with E-state index in [1.165, 1.54) is 31.5 Å². The minimum absolute atomic E-state index is 0.624. The highest BCUT2D eigenvalue weighted by atomic mass is 79.9. The van der Waals surface area contributed by atoms with E-state index >= 15 is 0 Å².